The first-order valence-corrected chi connectivity index (χ1v) is 9.64. The molecule has 1 aliphatic heterocycles. The fourth-order valence-electron chi connectivity index (χ4n) is 3.10. The van der Waals surface area contributed by atoms with Crippen molar-refractivity contribution in [3.05, 3.63) is 0 Å². The number of nitrogens with zero attached hydrogens (tertiary/aromatic N) is 1. The highest BCUT2D eigenvalue weighted by molar-refractivity contribution is 14.0. The molecule has 21 heavy (non-hydrogen) atoms. The van der Waals surface area contributed by atoms with Gasteiger partial charge in [0.25, 0.3) is 0 Å². The summed E-state index contributed by atoms with van der Waals surface area (Å²) in [5.41, 5.74) is 5.91. The number of guanidine groups is 1. The Morgan fingerprint density at radius 1 is 1.10 bits per heavy atom. The van der Waals surface area contributed by atoms with Gasteiger partial charge in [-0.3, -0.25) is 4.99 Å². The number of aliphatic imine (C=N–C) groups is 1. The van der Waals surface area contributed by atoms with E-state index >= 15 is 0 Å². The average molecular weight is 429 g/mol. The summed E-state index contributed by atoms with van der Waals surface area (Å²) in [5, 5.41) is 3.30. The molecule has 0 spiro atoms. The van der Waals surface area contributed by atoms with Crippen molar-refractivity contribution in [1.29, 1.82) is 0 Å². The van der Waals surface area contributed by atoms with Crippen molar-refractivity contribution in [2.45, 2.75) is 57.4 Å². The highest BCUT2D eigenvalue weighted by atomic mass is 127. The Morgan fingerprint density at radius 2 is 1.71 bits per heavy atom. The predicted octanol–water partition coefficient (Wildman–Crippen LogP) is 2.06. The van der Waals surface area contributed by atoms with E-state index in [0.717, 1.165) is 19.3 Å². The van der Waals surface area contributed by atoms with Gasteiger partial charge in [0, 0.05) is 12.6 Å². The maximum atomic E-state index is 11.3. The molecule has 0 aromatic rings. The summed E-state index contributed by atoms with van der Waals surface area (Å²) >= 11 is 0. The largest absolute Gasteiger partial charge is 0.370 e. The van der Waals surface area contributed by atoms with Crippen molar-refractivity contribution in [2.75, 3.05) is 18.1 Å². The minimum Gasteiger partial charge on any atom is -0.370 e. The van der Waals surface area contributed by atoms with Crippen LogP contribution in [0.4, 0.5) is 0 Å². The summed E-state index contributed by atoms with van der Waals surface area (Å²) in [5.74, 6) is 1.74. The van der Waals surface area contributed by atoms with Gasteiger partial charge in [0.2, 0.25) is 0 Å². The van der Waals surface area contributed by atoms with Crippen molar-refractivity contribution in [2.24, 2.45) is 16.6 Å². The molecule has 1 saturated carbocycles. The second kappa shape index (κ2) is 9.17. The number of nitrogens with two attached hydrogens (primary N) is 1. The van der Waals surface area contributed by atoms with Gasteiger partial charge in [0.15, 0.2) is 5.96 Å². The van der Waals surface area contributed by atoms with Crippen molar-refractivity contribution < 1.29 is 8.42 Å². The van der Waals surface area contributed by atoms with E-state index in [-0.39, 0.29) is 24.0 Å². The second-order valence-corrected chi connectivity index (χ2v) is 8.43. The molecule has 2 fully saturated rings. The van der Waals surface area contributed by atoms with E-state index in [9.17, 15) is 8.42 Å². The topological polar surface area (TPSA) is 84.5 Å². The molecule has 0 bridgehead atoms. The lowest BCUT2D eigenvalue weighted by Gasteiger charge is -2.23. The van der Waals surface area contributed by atoms with E-state index in [1.807, 2.05) is 0 Å². The fraction of sp³-hybridized carbons (Fsp3) is 0.929. The van der Waals surface area contributed by atoms with Crippen molar-refractivity contribution in [3.8, 4) is 0 Å². The first kappa shape index (κ1) is 19.0. The highest BCUT2D eigenvalue weighted by Gasteiger charge is 2.23. The zero-order valence-electron chi connectivity index (χ0n) is 12.6. The van der Waals surface area contributed by atoms with Gasteiger partial charge in [-0.15, -0.1) is 24.0 Å². The molecule has 124 valence electrons. The van der Waals surface area contributed by atoms with E-state index in [0.29, 0.717) is 36.0 Å². The van der Waals surface area contributed by atoms with Gasteiger partial charge < -0.3 is 11.1 Å². The third kappa shape index (κ3) is 7.17. The Kier molecular flexibility index (Phi) is 8.30. The molecule has 0 amide bonds. The third-order valence-corrected chi connectivity index (χ3v) is 6.17. The lowest BCUT2D eigenvalue weighted by Crippen LogP contribution is -2.41. The van der Waals surface area contributed by atoms with Gasteiger partial charge in [0.1, 0.15) is 9.84 Å². The van der Waals surface area contributed by atoms with E-state index in [4.69, 9.17) is 5.73 Å². The molecule has 0 radical (unpaired) electrons. The number of hydrogen-bond acceptors (Lipinski definition) is 3. The lowest BCUT2D eigenvalue weighted by molar-refractivity contribution is 0.411. The average Bonchev–Trinajstić information content (AvgIpc) is 2.42. The highest BCUT2D eigenvalue weighted by Crippen LogP contribution is 2.21. The Hall–Kier alpha value is -0.0500. The van der Waals surface area contributed by atoms with Gasteiger partial charge in [0.05, 0.1) is 11.5 Å². The van der Waals surface area contributed by atoms with Crippen LogP contribution in [-0.2, 0) is 9.84 Å². The normalized spacial score (nSPS) is 24.3. The number of sulfone groups is 1. The minimum atomic E-state index is -2.75. The van der Waals surface area contributed by atoms with Gasteiger partial charge >= 0.3 is 0 Å². The summed E-state index contributed by atoms with van der Waals surface area (Å²) in [6.45, 7) is 0.705. The summed E-state index contributed by atoms with van der Waals surface area (Å²) in [6.07, 6.45) is 8.79. The molecule has 2 aliphatic rings. The third-order valence-electron chi connectivity index (χ3n) is 4.45. The van der Waals surface area contributed by atoms with Crippen molar-refractivity contribution >= 4 is 39.8 Å². The standard InChI is InChI=1S/C14H27N3O2S.HI/c15-14(17-13-4-2-1-3-5-13)16-9-6-12-7-10-20(18,19)11-8-12;/h12-13H,1-11H2,(H3,15,16,17);1H. The van der Waals surface area contributed by atoms with Crippen LogP contribution < -0.4 is 11.1 Å². The number of rotatable bonds is 4. The first-order chi connectivity index (χ1) is 9.55. The Labute approximate surface area is 145 Å². The van der Waals surface area contributed by atoms with Crippen LogP contribution >= 0.6 is 24.0 Å². The van der Waals surface area contributed by atoms with Crippen molar-refractivity contribution in [3.63, 3.8) is 0 Å². The molecular formula is C14H28IN3O2S. The monoisotopic (exact) mass is 429 g/mol. The van der Waals surface area contributed by atoms with Crippen LogP contribution in [-0.4, -0.2) is 38.5 Å². The smallest absolute Gasteiger partial charge is 0.188 e. The fourth-order valence-corrected chi connectivity index (χ4v) is 4.69. The Bertz CT molecular complexity index is 420. The molecule has 2 rings (SSSR count). The zero-order chi connectivity index (χ0) is 14.4. The lowest BCUT2D eigenvalue weighted by atomic mass is 9.96. The molecule has 1 saturated heterocycles. The van der Waals surface area contributed by atoms with Crippen LogP contribution in [0.3, 0.4) is 0 Å². The van der Waals surface area contributed by atoms with E-state index in [1.165, 1.54) is 32.1 Å². The molecule has 3 N–H and O–H groups in total. The molecule has 0 atom stereocenters. The second-order valence-electron chi connectivity index (χ2n) is 6.13. The molecule has 1 aliphatic carbocycles. The molecule has 5 nitrogen and oxygen atoms in total. The number of nitrogens with one attached hydrogen (secondary N) is 1. The first-order valence-electron chi connectivity index (χ1n) is 7.82. The summed E-state index contributed by atoms with van der Waals surface area (Å²) < 4.78 is 22.7. The Balaban J connectivity index is 0.00000220. The van der Waals surface area contributed by atoms with Crippen LogP contribution in [0.5, 0.6) is 0 Å². The van der Waals surface area contributed by atoms with E-state index < -0.39 is 9.84 Å². The Morgan fingerprint density at radius 3 is 2.33 bits per heavy atom. The molecular weight excluding hydrogens is 401 g/mol. The van der Waals surface area contributed by atoms with Gasteiger partial charge in [-0.25, -0.2) is 8.42 Å². The van der Waals surface area contributed by atoms with E-state index in [1.54, 1.807) is 0 Å². The molecule has 0 unspecified atom stereocenters. The van der Waals surface area contributed by atoms with Crippen LogP contribution in [0.2, 0.25) is 0 Å². The summed E-state index contributed by atoms with van der Waals surface area (Å²) in [6, 6.07) is 0.493. The van der Waals surface area contributed by atoms with Crippen LogP contribution in [0.1, 0.15) is 51.4 Å². The number of hydrogen-bond donors (Lipinski definition) is 2. The molecule has 0 aromatic carbocycles. The molecule has 1 heterocycles. The van der Waals surface area contributed by atoms with Gasteiger partial charge in [-0.1, -0.05) is 19.3 Å². The SMILES string of the molecule is I.NC(=NCCC1CCS(=O)(=O)CC1)NC1CCCCC1. The van der Waals surface area contributed by atoms with E-state index in [2.05, 4.69) is 10.3 Å². The molecule has 0 aromatic heterocycles. The number of halogens is 1. The van der Waals surface area contributed by atoms with Gasteiger partial charge in [-0.05, 0) is 38.0 Å². The van der Waals surface area contributed by atoms with Crippen molar-refractivity contribution in [1.82, 2.24) is 5.32 Å². The van der Waals surface area contributed by atoms with Gasteiger partial charge in [-0.2, -0.15) is 0 Å². The maximum Gasteiger partial charge on any atom is 0.188 e. The quantitative estimate of drug-likeness (QED) is 0.407. The van der Waals surface area contributed by atoms with Crippen LogP contribution in [0, 0.1) is 5.92 Å². The molecule has 7 heteroatoms. The van der Waals surface area contributed by atoms with Crippen LogP contribution in [0.25, 0.3) is 0 Å². The minimum absolute atomic E-state index is 0. The van der Waals surface area contributed by atoms with Crippen LogP contribution in [0.15, 0.2) is 4.99 Å². The summed E-state index contributed by atoms with van der Waals surface area (Å²) in [7, 11) is -2.75. The predicted molar refractivity (Wildman–Crippen MR) is 97.9 cm³/mol. The zero-order valence-corrected chi connectivity index (χ0v) is 15.7. The maximum absolute atomic E-state index is 11.3. The summed E-state index contributed by atoms with van der Waals surface area (Å²) in [4.78, 5) is 4.38.